The summed E-state index contributed by atoms with van der Waals surface area (Å²) in [5, 5.41) is 2.84. The van der Waals surface area contributed by atoms with E-state index in [0.29, 0.717) is 5.56 Å². The van der Waals surface area contributed by atoms with Gasteiger partial charge < -0.3 is 10.5 Å². The van der Waals surface area contributed by atoms with Crippen LogP contribution in [0, 0.1) is 5.82 Å². The first-order chi connectivity index (χ1) is 7.65. The summed E-state index contributed by atoms with van der Waals surface area (Å²) < 4.78 is 18.1. The van der Waals surface area contributed by atoms with Crippen LogP contribution in [0.25, 0.3) is 0 Å². The predicted octanol–water partition coefficient (Wildman–Crippen LogP) is 0.416. The van der Waals surface area contributed by atoms with E-state index in [-0.39, 0.29) is 19.0 Å². The van der Waals surface area contributed by atoms with Gasteiger partial charge in [0, 0.05) is 19.2 Å². The van der Waals surface area contributed by atoms with Crippen LogP contribution in [0.2, 0.25) is 0 Å². The van der Waals surface area contributed by atoms with Crippen molar-refractivity contribution < 1.29 is 13.9 Å². The van der Waals surface area contributed by atoms with Crippen molar-refractivity contribution in [2.24, 2.45) is 5.73 Å². The molecule has 1 unspecified atom stereocenters. The highest BCUT2D eigenvalue weighted by atomic mass is 19.1. The fraction of sp³-hybridized carbons (Fsp3) is 0.364. The number of carbonyl (C=O) groups is 1. The molecule has 5 heteroatoms. The van der Waals surface area contributed by atoms with Gasteiger partial charge in [0.05, 0.1) is 6.61 Å². The summed E-state index contributed by atoms with van der Waals surface area (Å²) in [6.45, 7) is 0.410. The van der Waals surface area contributed by atoms with Gasteiger partial charge in [-0.05, 0) is 6.07 Å². The minimum Gasteiger partial charge on any atom is -0.383 e. The Bertz CT molecular complexity index is 358. The molecule has 1 atom stereocenters. The molecule has 0 saturated heterocycles. The number of halogens is 1. The summed E-state index contributed by atoms with van der Waals surface area (Å²) >= 11 is 0. The molecule has 0 aliphatic heterocycles. The third kappa shape index (κ3) is 3.60. The number of hydrogen-bond acceptors (Lipinski definition) is 3. The minimum atomic E-state index is -0.607. The molecule has 0 aromatic heterocycles. The summed E-state index contributed by atoms with van der Waals surface area (Å²) in [6.07, 6.45) is 0. The fourth-order valence-electron chi connectivity index (χ4n) is 1.28. The third-order valence-electron chi connectivity index (χ3n) is 2.17. The standard InChI is InChI=1S/C11H15FN2O2/c1-16-7-10(11(13)15)14-6-8-4-2-3-5-9(8)12/h2-5,10,14H,6-7H2,1H3,(H2,13,15). The number of methoxy groups -OCH3 is 1. The van der Waals surface area contributed by atoms with Crippen LogP contribution in [0.15, 0.2) is 24.3 Å². The Morgan fingerprint density at radius 3 is 2.81 bits per heavy atom. The maximum atomic E-state index is 13.2. The molecule has 3 N–H and O–H groups in total. The molecule has 0 fully saturated rings. The van der Waals surface area contributed by atoms with Crippen molar-refractivity contribution in [1.82, 2.24) is 5.32 Å². The number of nitrogens with one attached hydrogen (secondary N) is 1. The Morgan fingerprint density at radius 2 is 2.25 bits per heavy atom. The summed E-state index contributed by atoms with van der Waals surface area (Å²) in [6, 6.07) is 5.75. The van der Waals surface area contributed by atoms with Gasteiger partial charge in [0.25, 0.3) is 0 Å². The molecule has 0 bridgehead atoms. The average molecular weight is 226 g/mol. The van der Waals surface area contributed by atoms with Crippen molar-refractivity contribution >= 4 is 5.91 Å². The van der Waals surface area contributed by atoms with Gasteiger partial charge in [-0.2, -0.15) is 0 Å². The molecule has 1 amide bonds. The summed E-state index contributed by atoms with van der Waals surface area (Å²) in [7, 11) is 1.47. The molecule has 1 aromatic rings. The Hall–Kier alpha value is -1.46. The molecular formula is C11H15FN2O2. The smallest absolute Gasteiger partial charge is 0.236 e. The van der Waals surface area contributed by atoms with E-state index in [2.05, 4.69) is 5.32 Å². The zero-order valence-electron chi connectivity index (χ0n) is 9.07. The first-order valence-electron chi connectivity index (χ1n) is 4.90. The zero-order valence-corrected chi connectivity index (χ0v) is 9.07. The van der Waals surface area contributed by atoms with Crippen molar-refractivity contribution in [2.45, 2.75) is 12.6 Å². The van der Waals surface area contributed by atoms with E-state index >= 15 is 0 Å². The number of hydrogen-bond donors (Lipinski definition) is 2. The molecule has 0 saturated carbocycles. The van der Waals surface area contributed by atoms with Crippen LogP contribution < -0.4 is 11.1 Å². The maximum Gasteiger partial charge on any atom is 0.236 e. The number of nitrogens with two attached hydrogens (primary N) is 1. The van der Waals surface area contributed by atoms with Gasteiger partial charge in [-0.3, -0.25) is 10.1 Å². The molecule has 4 nitrogen and oxygen atoms in total. The van der Waals surface area contributed by atoms with Gasteiger partial charge in [-0.1, -0.05) is 18.2 Å². The molecule has 0 aliphatic carbocycles. The Morgan fingerprint density at radius 1 is 1.56 bits per heavy atom. The number of ether oxygens (including phenoxy) is 1. The minimum absolute atomic E-state index is 0.170. The Labute approximate surface area is 93.6 Å². The SMILES string of the molecule is COCC(NCc1ccccc1F)C(N)=O. The van der Waals surface area contributed by atoms with E-state index in [4.69, 9.17) is 10.5 Å². The molecule has 1 rings (SSSR count). The third-order valence-corrected chi connectivity index (χ3v) is 2.17. The van der Waals surface area contributed by atoms with E-state index in [1.165, 1.54) is 13.2 Å². The van der Waals surface area contributed by atoms with Gasteiger partial charge in [0.15, 0.2) is 0 Å². The molecule has 1 aromatic carbocycles. The predicted molar refractivity (Wildman–Crippen MR) is 58.1 cm³/mol. The molecule has 88 valence electrons. The average Bonchev–Trinajstić information content (AvgIpc) is 2.26. The second-order valence-corrected chi connectivity index (χ2v) is 3.38. The quantitative estimate of drug-likeness (QED) is 0.738. The summed E-state index contributed by atoms with van der Waals surface area (Å²) in [5.74, 6) is -0.825. The van der Waals surface area contributed by atoms with Gasteiger partial charge in [-0.25, -0.2) is 4.39 Å². The molecule has 16 heavy (non-hydrogen) atoms. The van der Waals surface area contributed by atoms with Gasteiger partial charge in [0.2, 0.25) is 5.91 Å². The molecule has 0 spiro atoms. The van der Waals surface area contributed by atoms with Gasteiger partial charge >= 0.3 is 0 Å². The number of primary amides is 1. The number of rotatable bonds is 6. The Kier molecular flexibility index (Phi) is 4.88. The monoisotopic (exact) mass is 226 g/mol. The highest BCUT2D eigenvalue weighted by molar-refractivity contribution is 5.79. The van der Waals surface area contributed by atoms with Crippen LogP contribution in [0.3, 0.4) is 0 Å². The number of benzene rings is 1. The van der Waals surface area contributed by atoms with Gasteiger partial charge in [0.1, 0.15) is 11.9 Å². The lowest BCUT2D eigenvalue weighted by Crippen LogP contribution is -2.44. The fourth-order valence-corrected chi connectivity index (χ4v) is 1.28. The Balaban J connectivity index is 2.55. The van der Waals surface area contributed by atoms with E-state index in [1.54, 1.807) is 18.2 Å². The largest absolute Gasteiger partial charge is 0.383 e. The lowest BCUT2D eigenvalue weighted by atomic mass is 10.2. The van der Waals surface area contributed by atoms with Crippen molar-refractivity contribution in [3.63, 3.8) is 0 Å². The maximum absolute atomic E-state index is 13.2. The van der Waals surface area contributed by atoms with Crippen LogP contribution in [0.5, 0.6) is 0 Å². The number of amides is 1. The molecule has 0 heterocycles. The number of carbonyl (C=O) groups excluding carboxylic acids is 1. The van der Waals surface area contributed by atoms with Crippen molar-refractivity contribution in [1.29, 1.82) is 0 Å². The van der Waals surface area contributed by atoms with Crippen LogP contribution in [0.4, 0.5) is 4.39 Å². The lowest BCUT2D eigenvalue weighted by Gasteiger charge is -2.14. The molecule has 0 radical (unpaired) electrons. The van der Waals surface area contributed by atoms with Crippen molar-refractivity contribution in [3.8, 4) is 0 Å². The van der Waals surface area contributed by atoms with Gasteiger partial charge in [-0.15, -0.1) is 0 Å². The van der Waals surface area contributed by atoms with Crippen molar-refractivity contribution in [3.05, 3.63) is 35.6 Å². The zero-order chi connectivity index (χ0) is 12.0. The van der Waals surface area contributed by atoms with Crippen LogP contribution >= 0.6 is 0 Å². The first kappa shape index (κ1) is 12.6. The molecular weight excluding hydrogens is 211 g/mol. The van der Waals surface area contributed by atoms with E-state index < -0.39 is 11.9 Å². The van der Waals surface area contributed by atoms with E-state index in [0.717, 1.165) is 0 Å². The summed E-state index contributed by atoms with van der Waals surface area (Å²) in [5.41, 5.74) is 5.64. The molecule has 0 aliphatic rings. The summed E-state index contributed by atoms with van der Waals surface area (Å²) in [4.78, 5) is 11.0. The highest BCUT2D eigenvalue weighted by Gasteiger charge is 2.14. The topological polar surface area (TPSA) is 64.3 Å². The lowest BCUT2D eigenvalue weighted by molar-refractivity contribution is -0.121. The van der Waals surface area contributed by atoms with E-state index in [9.17, 15) is 9.18 Å². The van der Waals surface area contributed by atoms with Crippen LogP contribution in [0.1, 0.15) is 5.56 Å². The van der Waals surface area contributed by atoms with Crippen LogP contribution in [-0.4, -0.2) is 25.7 Å². The second kappa shape index (κ2) is 6.19. The van der Waals surface area contributed by atoms with Crippen molar-refractivity contribution in [2.75, 3.05) is 13.7 Å². The first-order valence-corrected chi connectivity index (χ1v) is 4.90. The second-order valence-electron chi connectivity index (χ2n) is 3.38. The van der Waals surface area contributed by atoms with E-state index in [1.807, 2.05) is 0 Å². The highest BCUT2D eigenvalue weighted by Crippen LogP contribution is 2.05. The van der Waals surface area contributed by atoms with Crippen LogP contribution in [-0.2, 0) is 16.1 Å². The normalized spacial score (nSPS) is 12.4.